The maximum atomic E-state index is 12.8. The average molecular weight is 364 g/mol. The van der Waals surface area contributed by atoms with Crippen LogP contribution in [0.5, 0.6) is 0 Å². The number of aliphatic imine (C=N–C) groups is 1. The van der Waals surface area contributed by atoms with Gasteiger partial charge < -0.3 is 5.73 Å². The molecule has 0 radical (unpaired) electrons. The molecule has 3 rings (SSSR count). The summed E-state index contributed by atoms with van der Waals surface area (Å²) in [6.07, 6.45) is 0.726. The molecule has 2 N–H and O–H groups in total. The minimum Gasteiger partial charge on any atom is -0.386 e. The van der Waals surface area contributed by atoms with Crippen molar-refractivity contribution in [2.45, 2.75) is 17.9 Å². The summed E-state index contributed by atoms with van der Waals surface area (Å²) in [6, 6.07) is 14.3. The van der Waals surface area contributed by atoms with Crippen LogP contribution in [-0.4, -0.2) is 31.0 Å². The first-order valence-corrected chi connectivity index (χ1v) is 9.54. The van der Waals surface area contributed by atoms with Gasteiger partial charge in [-0.05, 0) is 41.8 Å². The number of halogens is 1. The Bertz CT molecular complexity index is 864. The van der Waals surface area contributed by atoms with Crippen molar-refractivity contribution in [1.82, 2.24) is 4.31 Å². The van der Waals surface area contributed by atoms with Crippen molar-refractivity contribution in [2.75, 3.05) is 12.4 Å². The second-order valence-corrected chi connectivity index (χ2v) is 7.79. The lowest BCUT2D eigenvalue weighted by molar-refractivity contribution is 0.391. The zero-order valence-corrected chi connectivity index (χ0v) is 14.6. The smallest absolute Gasteiger partial charge is 0.243 e. The number of benzene rings is 2. The predicted octanol–water partition coefficient (Wildman–Crippen LogP) is 2.66. The number of amidine groups is 1. The van der Waals surface area contributed by atoms with E-state index in [1.807, 2.05) is 24.3 Å². The van der Waals surface area contributed by atoms with Crippen molar-refractivity contribution in [1.29, 1.82) is 0 Å². The van der Waals surface area contributed by atoms with Gasteiger partial charge in [-0.1, -0.05) is 24.3 Å². The molecule has 0 amide bonds. The van der Waals surface area contributed by atoms with Crippen molar-refractivity contribution in [3.05, 3.63) is 59.7 Å². The molecule has 7 heteroatoms. The topological polar surface area (TPSA) is 75.8 Å². The first-order chi connectivity index (χ1) is 11.5. The zero-order valence-electron chi connectivity index (χ0n) is 13.0. The van der Waals surface area contributed by atoms with Gasteiger partial charge in [0.25, 0.3) is 0 Å². The van der Waals surface area contributed by atoms with Crippen molar-refractivity contribution in [3.63, 3.8) is 0 Å². The van der Waals surface area contributed by atoms with Gasteiger partial charge in [0.15, 0.2) is 0 Å². The Labute approximate surface area is 146 Å². The van der Waals surface area contributed by atoms with E-state index in [0.29, 0.717) is 24.6 Å². The van der Waals surface area contributed by atoms with E-state index >= 15 is 0 Å². The van der Waals surface area contributed by atoms with Crippen molar-refractivity contribution in [2.24, 2.45) is 10.7 Å². The highest BCUT2D eigenvalue weighted by atomic mass is 35.5. The van der Waals surface area contributed by atoms with Crippen molar-refractivity contribution in [3.8, 4) is 0 Å². The van der Waals surface area contributed by atoms with Gasteiger partial charge in [-0.25, -0.2) is 13.4 Å². The third-order valence-corrected chi connectivity index (χ3v) is 6.11. The summed E-state index contributed by atoms with van der Waals surface area (Å²) in [4.78, 5) is 4.35. The summed E-state index contributed by atoms with van der Waals surface area (Å²) in [5, 5.41) is 0. The summed E-state index contributed by atoms with van der Waals surface area (Å²) >= 11 is 5.59. The number of sulfonamides is 1. The second kappa shape index (κ2) is 6.93. The van der Waals surface area contributed by atoms with Gasteiger partial charge in [0, 0.05) is 13.1 Å². The number of hydrogen-bond acceptors (Lipinski definition) is 3. The lowest BCUT2D eigenvalue weighted by Gasteiger charge is -2.28. The predicted molar refractivity (Wildman–Crippen MR) is 96.2 cm³/mol. The zero-order chi connectivity index (χ0) is 17.2. The molecule has 0 aliphatic carbocycles. The Kier molecular flexibility index (Phi) is 4.89. The summed E-state index contributed by atoms with van der Waals surface area (Å²) in [6.45, 7) is 0.885. The van der Waals surface area contributed by atoms with Gasteiger partial charge in [-0.3, -0.25) is 0 Å². The van der Waals surface area contributed by atoms with Crippen molar-refractivity contribution < 1.29 is 8.42 Å². The number of rotatable bonds is 4. The molecule has 0 saturated heterocycles. The fourth-order valence-electron chi connectivity index (χ4n) is 2.71. The monoisotopic (exact) mass is 363 g/mol. The molecule has 0 saturated carbocycles. The summed E-state index contributed by atoms with van der Waals surface area (Å²) in [7, 11) is -3.53. The van der Waals surface area contributed by atoms with Gasteiger partial charge >= 0.3 is 0 Å². The van der Waals surface area contributed by atoms with Crippen LogP contribution in [0.1, 0.15) is 11.1 Å². The largest absolute Gasteiger partial charge is 0.386 e. The van der Waals surface area contributed by atoms with Gasteiger partial charge in [-0.2, -0.15) is 4.31 Å². The molecule has 126 valence electrons. The van der Waals surface area contributed by atoms with Crippen LogP contribution >= 0.6 is 11.6 Å². The van der Waals surface area contributed by atoms with E-state index in [0.717, 1.165) is 12.0 Å². The SMILES string of the molecule is NC(CCl)=Nc1ccc(S(=O)(=O)N2CCc3ccccc3C2)cc1. The number of nitrogens with zero attached hydrogens (tertiary/aromatic N) is 2. The first kappa shape index (κ1) is 17.0. The van der Waals surface area contributed by atoms with E-state index in [1.54, 1.807) is 24.3 Å². The van der Waals surface area contributed by atoms with E-state index in [9.17, 15) is 8.42 Å². The van der Waals surface area contributed by atoms with Gasteiger partial charge in [0.1, 0.15) is 5.84 Å². The van der Waals surface area contributed by atoms with Crippen LogP contribution in [0.2, 0.25) is 0 Å². The molecule has 0 bridgehead atoms. The minimum atomic E-state index is -3.53. The Hall–Kier alpha value is -1.89. The molecule has 1 aliphatic heterocycles. The van der Waals surface area contributed by atoms with E-state index in [-0.39, 0.29) is 10.8 Å². The average Bonchev–Trinajstić information content (AvgIpc) is 2.61. The molecule has 0 fully saturated rings. The van der Waals surface area contributed by atoms with E-state index in [1.165, 1.54) is 9.87 Å². The highest BCUT2D eigenvalue weighted by molar-refractivity contribution is 7.89. The van der Waals surface area contributed by atoms with Gasteiger partial charge in [-0.15, -0.1) is 11.6 Å². The van der Waals surface area contributed by atoms with Crippen LogP contribution in [0, 0.1) is 0 Å². The van der Waals surface area contributed by atoms with E-state index in [2.05, 4.69) is 4.99 Å². The lowest BCUT2D eigenvalue weighted by Crippen LogP contribution is -2.35. The van der Waals surface area contributed by atoms with Crippen LogP contribution in [-0.2, 0) is 23.0 Å². The molecular formula is C17H18ClN3O2S. The molecule has 2 aromatic carbocycles. The number of hydrogen-bond donors (Lipinski definition) is 1. The second-order valence-electron chi connectivity index (χ2n) is 5.59. The molecule has 0 spiro atoms. The van der Waals surface area contributed by atoms with E-state index < -0.39 is 10.0 Å². The summed E-state index contributed by atoms with van der Waals surface area (Å²) in [5.74, 6) is 0.424. The molecular weight excluding hydrogens is 346 g/mol. The third-order valence-electron chi connectivity index (χ3n) is 3.98. The number of fused-ring (bicyclic) bond motifs is 1. The third kappa shape index (κ3) is 3.45. The Morgan fingerprint density at radius 3 is 2.46 bits per heavy atom. The molecule has 1 aliphatic rings. The standard InChI is InChI=1S/C17H18ClN3O2S/c18-11-17(19)20-15-5-7-16(8-6-15)24(22,23)21-10-9-13-3-1-2-4-14(13)12-21/h1-8H,9-12H2,(H2,19,20). The highest BCUT2D eigenvalue weighted by Crippen LogP contribution is 2.26. The maximum Gasteiger partial charge on any atom is 0.243 e. The lowest BCUT2D eigenvalue weighted by atomic mass is 10.0. The Morgan fingerprint density at radius 1 is 1.12 bits per heavy atom. The normalized spacial score (nSPS) is 16.0. The maximum absolute atomic E-state index is 12.8. The Morgan fingerprint density at radius 2 is 1.79 bits per heavy atom. The van der Waals surface area contributed by atoms with Gasteiger partial charge in [0.05, 0.1) is 16.5 Å². The molecule has 0 aromatic heterocycles. The molecule has 5 nitrogen and oxygen atoms in total. The minimum absolute atomic E-state index is 0.132. The molecule has 0 atom stereocenters. The van der Waals surface area contributed by atoms with Gasteiger partial charge in [0.2, 0.25) is 10.0 Å². The van der Waals surface area contributed by atoms with Crippen molar-refractivity contribution >= 4 is 33.1 Å². The fourth-order valence-corrected chi connectivity index (χ4v) is 4.19. The number of alkyl halides is 1. The van der Waals surface area contributed by atoms with Crippen LogP contribution < -0.4 is 5.73 Å². The molecule has 2 aromatic rings. The highest BCUT2D eigenvalue weighted by Gasteiger charge is 2.27. The fraction of sp³-hybridized carbons (Fsp3) is 0.235. The van der Waals surface area contributed by atoms with Crippen LogP contribution in [0.3, 0.4) is 0 Å². The molecule has 0 unspecified atom stereocenters. The first-order valence-electron chi connectivity index (χ1n) is 7.57. The summed E-state index contributed by atoms with van der Waals surface area (Å²) in [5.41, 5.74) is 8.43. The number of nitrogens with two attached hydrogens (primary N) is 1. The van der Waals surface area contributed by atoms with Crippen LogP contribution in [0.15, 0.2) is 58.4 Å². The quantitative estimate of drug-likeness (QED) is 0.515. The van der Waals surface area contributed by atoms with Crippen LogP contribution in [0.4, 0.5) is 5.69 Å². The summed E-state index contributed by atoms with van der Waals surface area (Å²) < 4.78 is 27.2. The Balaban J connectivity index is 1.84. The molecule has 24 heavy (non-hydrogen) atoms. The van der Waals surface area contributed by atoms with Crippen LogP contribution in [0.25, 0.3) is 0 Å². The van der Waals surface area contributed by atoms with E-state index in [4.69, 9.17) is 17.3 Å². The molecule has 1 heterocycles.